The monoisotopic (exact) mass is 205 g/mol. The molecule has 0 aromatic rings. The number of hydrogen-bond donors (Lipinski definition) is 1. The summed E-state index contributed by atoms with van der Waals surface area (Å²) in [6, 6.07) is 0. The summed E-state index contributed by atoms with van der Waals surface area (Å²) in [5.41, 5.74) is 0. The summed E-state index contributed by atoms with van der Waals surface area (Å²) in [5, 5.41) is 2.35. The van der Waals surface area contributed by atoms with E-state index in [0.717, 1.165) is 11.8 Å². The summed E-state index contributed by atoms with van der Waals surface area (Å²) >= 11 is 0. The first-order valence-corrected chi connectivity index (χ1v) is 5.66. The van der Waals surface area contributed by atoms with Gasteiger partial charge in [0.2, 0.25) is 0 Å². The lowest BCUT2D eigenvalue weighted by Gasteiger charge is -2.28. The minimum absolute atomic E-state index is 0. The molecule has 80 valence electrons. The highest BCUT2D eigenvalue weighted by Gasteiger charge is 2.22. The van der Waals surface area contributed by atoms with Gasteiger partial charge < -0.3 is 17.7 Å². The number of hydrogen-bond acceptors (Lipinski definition) is 0. The fourth-order valence-electron chi connectivity index (χ4n) is 2.60. The Kier molecular flexibility index (Phi) is 7.78. The zero-order valence-corrected chi connectivity index (χ0v) is 9.82. The molecule has 0 aliphatic heterocycles. The Hall–Kier alpha value is 0.250. The Morgan fingerprint density at radius 1 is 1.23 bits per heavy atom. The molecule has 1 unspecified atom stereocenters. The van der Waals surface area contributed by atoms with E-state index < -0.39 is 0 Å². The number of quaternary nitrogens is 1. The molecule has 13 heavy (non-hydrogen) atoms. The smallest absolute Gasteiger partial charge is 0.0784 e. The molecule has 0 amide bonds. The first-order valence-electron chi connectivity index (χ1n) is 5.66. The van der Waals surface area contributed by atoms with Crippen LogP contribution in [0.1, 0.15) is 45.4 Å². The van der Waals surface area contributed by atoms with Gasteiger partial charge in [-0.2, -0.15) is 0 Å². The summed E-state index contributed by atoms with van der Waals surface area (Å²) in [5.74, 6) is 2.05. The third-order valence-corrected chi connectivity index (χ3v) is 3.38. The maximum absolute atomic E-state index is 2.35. The topological polar surface area (TPSA) is 16.6 Å². The number of nitrogens with two attached hydrogens (primary N) is 1. The molecule has 0 radical (unpaired) electrons. The van der Waals surface area contributed by atoms with Crippen molar-refractivity contribution in [2.75, 3.05) is 13.6 Å². The molecular weight excluding hydrogens is 182 g/mol. The maximum Gasteiger partial charge on any atom is 0.0784 e. The second kappa shape index (κ2) is 7.64. The molecule has 0 heterocycles. The Morgan fingerprint density at radius 3 is 2.31 bits per heavy atom. The summed E-state index contributed by atoms with van der Waals surface area (Å²) in [4.78, 5) is 0. The van der Waals surface area contributed by atoms with Crippen LogP contribution < -0.4 is 17.7 Å². The average Bonchev–Trinajstić information content (AvgIpc) is 2.15. The van der Waals surface area contributed by atoms with E-state index in [1.807, 2.05) is 0 Å². The van der Waals surface area contributed by atoms with E-state index in [4.69, 9.17) is 0 Å². The van der Waals surface area contributed by atoms with Gasteiger partial charge >= 0.3 is 0 Å². The fourth-order valence-corrected chi connectivity index (χ4v) is 2.60. The molecule has 1 rings (SSSR count). The summed E-state index contributed by atoms with van der Waals surface area (Å²) in [6.45, 7) is 3.70. The molecule has 1 fully saturated rings. The fraction of sp³-hybridized carbons (Fsp3) is 1.00. The molecule has 0 bridgehead atoms. The zero-order valence-electron chi connectivity index (χ0n) is 9.06. The third-order valence-electron chi connectivity index (χ3n) is 3.38. The first kappa shape index (κ1) is 13.2. The summed E-state index contributed by atoms with van der Waals surface area (Å²) < 4.78 is 0. The van der Waals surface area contributed by atoms with E-state index in [-0.39, 0.29) is 12.4 Å². The van der Waals surface area contributed by atoms with Gasteiger partial charge in [0, 0.05) is 5.92 Å². The lowest BCUT2D eigenvalue weighted by atomic mass is 9.79. The van der Waals surface area contributed by atoms with Gasteiger partial charge in [-0.15, -0.1) is 0 Å². The molecule has 0 aromatic heterocycles. The van der Waals surface area contributed by atoms with E-state index in [2.05, 4.69) is 19.3 Å². The van der Waals surface area contributed by atoms with Crippen LogP contribution in [0.2, 0.25) is 0 Å². The van der Waals surface area contributed by atoms with Gasteiger partial charge in [0.25, 0.3) is 0 Å². The molecule has 2 N–H and O–H groups in total. The molecule has 1 atom stereocenters. The van der Waals surface area contributed by atoms with Crippen molar-refractivity contribution in [3.05, 3.63) is 0 Å². The van der Waals surface area contributed by atoms with Crippen molar-refractivity contribution >= 4 is 0 Å². The molecule has 2 heteroatoms. The van der Waals surface area contributed by atoms with Crippen molar-refractivity contribution in [2.45, 2.75) is 45.4 Å². The van der Waals surface area contributed by atoms with Gasteiger partial charge in [-0.25, -0.2) is 0 Å². The van der Waals surface area contributed by atoms with Crippen LogP contribution in [0.15, 0.2) is 0 Å². The van der Waals surface area contributed by atoms with Crippen LogP contribution in [0.25, 0.3) is 0 Å². The van der Waals surface area contributed by atoms with Crippen LogP contribution in [0, 0.1) is 11.8 Å². The van der Waals surface area contributed by atoms with Crippen molar-refractivity contribution in [2.24, 2.45) is 11.8 Å². The zero-order chi connectivity index (χ0) is 8.81. The highest BCUT2D eigenvalue weighted by atomic mass is 35.5. The summed E-state index contributed by atoms with van der Waals surface area (Å²) in [6.07, 6.45) is 8.87. The van der Waals surface area contributed by atoms with Crippen molar-refractivity contribution in [1.29, 1.82) is 0 Å². The Morgan fingerprint density at radius 2 is 1.85 bits per heavy atom. The van der Waals surface area contributed by atoms with E-state index in [0.29, 0.717) is 0 Å². The van der Waals surface area contributed by atoms with Crippen molar-refractivity contribution < 1.29 is 17.7 Å². The molecular formula is C11H24ClN. The Labute approximate surface area is 89.1 Å². The van der Waals surface area contributed by atoms with Gasteiger partial charge in [-0.1, -0.05) is 26.2 Å². The van der Waals surface area contributed by atoms with Gasteiger partial charge in [-0.3, -0.25) is 0 Å². The molecule has 0 spiro atoms. The SMILES string of the molecule is CCC(C[NH2+]C)C1CCCCC1.[Cl-]. The normalized spacial score (nSPS) is 20.8. The number of rotatable bonds is 4. The molecule has 0 aromatic carbocycles. The van der Waals surface area contributed by atoms with Gasteiger partial charge in [0.05, 0.1) is 13.6 Å². The maximum atomic E-state index is 2.35. The molecule has 1 saturated carbocycles. The van der Waals surface area contributed by atoms with Crippen LogP contribution in [-0.4, -0.2) is 13.6 Å². The highest BCUT2D eigenvalue weighted by molar-refractivity contribution is 4.72. The third kappa shape index (κ3) is 4.33. The van der Waals surface area contributed by atoms with Gasteiger partial charge in [0.15, 0.2) is 0 Å². The minimum Gasteiger partial charge on any atom is -1.00 e. The second-order valence-electron chi connectivity index (χ2n) is 4.21. The van der Waals surface area contributed by atoms with Crippen molar-refractivity contribution in [3.8, 4) is 0 Å². The lowest BCUT2D eigenvalue weighted by molar-refractivity contribution is -0.634. The van der Waals surface area contributed by atoms with E-state index >= 15 is 0 Å². The Bertz CT molecular complexity index is 108. The molecule has 1 aliphatic rings. The second-order valence-corrected chi connectivity index (χ2v) is 4.21. The van der Waals surface area contributed by atoms with Crippen LogP contribution in [0.4, 0.5) is 0 Å². The minimum atomic E-state index is 0. The predicted octanol–water partition coefficient (Wildman–Crippen LogP) is -1.21. The van der Waals surface area contributed by atoms with Gasteiger partial charge in [0.1, 0.15) is 0 Å². The first-order chi connectivity index (χ1) is 5.88. The van der Waals surface area contributed by atoms with Crippen LogP contribution >= 0.6 is 0 Å². The van der Waals surface area contributed by atoms with Crippen molar-refractivity contribution in [1.82, 2.24) is 0 Å². The van der Waals surface area contributed by atoms with E-state index in [9.17, 15) is 0 Å². The molecule has 1 nitrogen and oxygen atoms in total. The van der Waals surface area contributed by atoms with Crippen LogP contribution in [0.5, 0.6) is 0 Å². The largest absolute Gasteiger partial charge is 1.00 e. The van der Waals surface area contributed by atoms with Gasteiger partial charge in [-0.05, 0) is 25.2 Å². The standard InChI is InChI=1S/C11H23N.ClH/c1-3-10(9-12-2)11-7-5-4-6-8-11;/h10-12H,3-9H2,1-2H3;1H. The van der Waals surface area contributed by atoms with Crippen LogP contribution in [0.3, 0.4) is 0 Å². The molecule has 0 saturated heterocycles. The van der Waals surface area contributed by atoms with E-state index in [1.165, 1.54) is 45.1 Å². The Balaban J connectivity index is 0.00000144. The average molecular weight is 206 g/mol. The lowest BCUT2D eigenvalue weighted by Crippen LogP contribution is -3.00. The van der Waals surface area contributed by atoms with Crippen LogP contribution in [-0.2, 0) is 0 Å². The van der Waals surface area contributed by atoms with Crippen molar-refractivity contribution in [3.63, 3.8) is 0 Å². The quantitative estimate of drug-likeness (QED) is 0.594. The van der Waals surface area contributed by atoms with E-state index in [1.54, 1.807) is 0 Å². The highest BCUT2D eigenvalue weighted by Crippen LogP contribution is 2.30. The summed E-state index contributed by atoms with van der Waals surface area (Å²) in [7, 11) is 2.20. The predicted molar refractivity (Wildman–Crippen MR) is 53.1 cm³/mol. The molecule has 1 aliphatic carbocycles. The number of halogens is 1.